The number of amides is 1. The van der Waals surface area contributed by atoms with Gasteiger partial charge in [-0.2, -0.15) is 0 Å². The van der Waals surface area contributed by atoms with Crippen molar-refractivity contribution in [2.75, 3.05) is 19.7 Å². The summed E-state index contributed by atoms with van der Waals surface area (Å²) in [6.45, 7) is 1.83. The third kappa shape index (κ3) is 7.80. The van der Waals surface area contributed by atoms with E-state index in [2.05, 4.69) is 5.32 Å². The number of esters is 1. The van der Waals surface area contributed by atoms with Gasteiger partial charge in [0.2, 0.25) is 0 Å². The lowest BCUT2D eigenvalue weighted by Gasteiger charge is -2.25. The number of ether oxygens (including phenoxy) is 1. The fraction of sp³-hybridized carbons (Fsp3) is 0.348. The van der Waals surface area contributed by atoms with Crippen LogP contribution < -0.4 is 5.32 Å². The number of carbonyl (C=O) groups excluding carboxylic acids is 2. The fourth-order valence-electron chi connectivity index (χ4n) is 3.36. The monoisotopic (exact) mass is 510 g/mol. The van der Waals surface area contributed by atoms with Crippen LogP contribution in [0.1, 0.15) is 29.0 Å². The summed E-state index contributed by atoms with van der Waals surface area (Å²) < 4.78 is 5.22. The lowest BCUT2D eigenvalue weighted by molar-refractivity contribution is -0.146. The van der Waals surface area contributed by atoms with Gasteiger partial charge in [0.1, 0.15) is 18.3 Å². The highest BCUT2D eigenvalue weighted by molar-refractivity contribution is 8.02. The molecule has 0 fully saturated rings. The largest absolute Gasteiger partial charge is 0.480 e. The van der Waals surface area contributed by atoms with E-state index >= 15 is 0 Å². The molecule has 0 saturated heterocycles. The van der Waals surface area contributed by atoms with Gasteiger partial charge in [0, 0.05) is 16.8 Å². The van der Waals surface area contributed by atoms with Crippen LogP contribution in [0.15, 0.2) is 58.9 Å². The normalized spacial score (nSPS) is 16.8. The molecule has 33 heavy (non-hydrogen) atoms. The Balaban J connectivity index is 0.00000385. The number of rotatable bonds is 10. The van der Waals surface area contributed by atoms with Crippen LogP contribution in [0, 0.1) is 0 Å². The average molecular weight is 511 g/mol. The van der Waals surface area contributed by atoms with Gasteiger partial charge < -0.3 is 20.1 Å². The summed E-state index contributed by atoms with van der Waals surface area (Å²) >= 11 is 3.01. The van der Waals surface area contributed by atoms with Crippen LogP contribution in [0.4, 0.5) is 0 Å². The number of thiophene rings is 1. The molecular formula is C23H27ClN2O5S2. The van der Waals surface area contributed by atoms with Crippen LogP contribution in [0.25, 0.3) is 0 Å². The number of thioether (sulfide) groups is 1. The Morgan fingerprint density at radius 3 is 2.64 bits per heavy atom. The van der Waals surface area contributed by atoms with E-state index in [-0.39, 0.29) is 36.5 Å². The van der Waals surface area contributed by atoms with Crippen LogP contribution in [0.5, 0.6) is 0 Å². The van der Waals surface area contributed by atoms with Crippen LogP contribution in [-0.2, 0) is 25.5 Å². The first-order valence-corrected chi connectivity index (χ1v) is 12.2. The lowest BCUT2D eigenvalue weighted by atomic mass is 10.0. The summed E-state index contributed by atoms with van der Waals surface area (Å²) in [6, 6.07) is 12.9. The molecule has 0 radical (unpaired) electrons. The maximum Gasteiger partial charge on any atom is 0.328 e. The number of aryl methyl sites for hydroxylation is 1. The SMILES string of the molecule is CCOC(=O)[C@H](CCc1ccccc1)NC1=CS[C@H](c2cccs2)CN(CC(=O)O)C1=O.Cl. The van der Waals surface area contributed by atoms with E-state index in [1.807, 2.05) is 47.8 Å². The highest BCUT2D eigenvalue weighted by Crippen LogP contribution is 2.36. The molecule has 0 saturated carbocycles. The maximum absolute atomic E-state index is 13.2. The molecule has 2 heterocycles. The van der Waals surface area contributed by atoms with Gasteiger partial charge >= 0.3 is 11.9 Å². The number of benzene rings is 1. The number of nitrogens with one attached hydrogen (secondary N) is 1. The van der Waals surface area contributed by atoms with E-state index in [9.17, 15) is 19.5 Å². The molecule has 1 aliphatic heterocycles. The van der Waals surface area contributed by atoms with Gasteiger partial charge in [-0.15, -0.1) is 35.5 Å². The van der Waals surface area contributed by atoms with E-state index in [1.54, 1.807) is 23.7 Å². The summed E-state index contributed by atoms with van der Waals surface area (Å²) in [5.74, 6) is -1.96. The van der Waals surface area contributed by atoms with Crippen LogP contribution in [0.3, 0.4) is 0 Å². The first-order chi connectivity index (χ1) is 15.5. The molecule has 1 aliphatic rings. The quantitative estimate of drug-likeness (QED) is 0.468. The minimum Gasteiger partial charge on any atom is -0.480 e. The number of halogens is 1. The third-order valence-electron chi connectivity index (χ3n) is 4.91. The Morgan fingerprint density at radius 1 is 1.24 bits per heavy atom. The molecule has 1 aromatic heterocycles. The van der Waals surface area contributed by atoms with Crippen molar-refractivity contribution >= 4 is 53.4 Å². The zero-order valence-electron chi connectivity index (χ0n) is 18.1. The average Bonchev–Trinajstić information content (AvgIpc) is 3.27. The van der Waals surface area contributed by atoms with Crippen molar-refractivity contribution in [1.29, 1.82) is 0 Å². The molecule has 2 atom stereocenters. The molecule has 2 aromatic rings. The van der Waals surface area contributed by atoms with Crippen molar-refractivity contribution in [3.63, 3.8) is 0 Å². The summed E-state index contributed by atoms with van der Waals surface area (Å²) in [4.78, 5) is 39.5. The summed E-state index contributed by atoms with van der Waals surface area (Å²) in [6.07, 6.45) is 1.06. The molecule has 1 amide bonds. The number of carbonyl (C=O) groups is 3. The van der Waals surface area contributed by atoms with Crippen LogP contribution in [0.2, 0.25) is 0 Å². The Bertz CT molecular complexity index is 953. The molecule has 3 rings (SSSR count). The zero-order valence-corrected chi connectivity index (χ0v) is 20.6. The first-order valence-electron chi connectivity index (χ1n) is 10.3. The second kappa shape index (κ2) is 13.3. The molecule has 7 nitrogen and oxygen atoms in total. The Labute approximate surface area is 207 Å². The summed E-state index contributed by atoms with van der Waals surface area (Å²) in [5, 5.41) is 15.9. The predicted molar refractivity (Wildman–Crippen MR) is 133 cm³/mol. The molecule has 10 heteroatoms. The van der Waals surface area contributed by atoms with Gasteiger partial charge in [-0.05, 0) is 36.8 Å². The van der Waals surface area contributed by atoms with Crippen LogP contribution >= 0.6 is 35.5 Å². The van der Waals surface area contributed by atoms with E-state index in [1.165, 1.54) is 16.7 Å². The highest BCUT2D eigenvalue weighted by Gasteiger charge is 2.31. The van der Waals surface area contributed by atoms with Gasteiger partial charge in [0.05, 0.1) is 11.9 Å². The van der Waals surface area contributed by atoms with Gasteiger partial charge in [-0.25, -0.2) is 4.79 Å². The van der Waals surface area contributed by atoms with Crippen LogP contribution in [-0.4, -0.2) is 53.6 Å². The smallest absolute Gasteiger partial charge is 0.328 e. The number of hydrogen-bond acceptors (Lipinski definition) is 7. The minimum absolute atomic E-state index is 0. The molecule has 0 spiro atoms. The zero-order chi connectivity index (χ0) is 22.9. The van der Waals surface area contributed by atoms with Crippen molar-refractivity contribution in [2.45, 2.75) is 31.1 Å². The second-order valence-electron chi connectivity index (χ2n) is 7.22. The van der Waals surface area contributed by atoms with E-state index in [4.69, 9.17) is 4.74 Å². The predicted octanol–water partition coefficient (Wildman–Crippen LogP) is 3.87. The highest BCUT2D eigenvalue weighted by atomic mass is 35.5. The van der Waals surface area contributed by atoms with Gasteiger partial charge in [-0.1, -0.05) is 36.4 Å². The number of aliphatic carboxylic acids is 1. The number of hydrogen-bond donors (Lipinski definition) is 2. The van der Waals surface area contributed by atoms with E-state index in [0.717, 1.165) is 10.4 Å². The van der Waals surface area contributed by atoms with Crippen molar-refractivity contribution in [3.05, 3.63) is 69.4 Å². The maximum atomic E-state index is 13.2. The van der Waals surface area contributed by atoms with Crippen molar-refractivity contribution in [3.8, 4) is 0 Å². The number of nitrogens with zero attached hydrogens (tertiary/aromatic N) is 1. The molecule has 178 valence electrons. The molecular weight excluding hydrogens is 484 g/mol. The van der Waals surface area contributed by atoms with Gasteiger partial charge in [0.15, 0.2) is 0 Å². The molecule has 1 aromatic carbocycles. The first kappa shape index (κ1) is 26.8. The third-order valence-corrected chi connectivity index (χ3v) is 7.14. The standard InChI is InChI=1S/C23H26N2O5S2.ClH/c1-2-30-23(29)17(11-10-16-7-4-3-5-8-16)24-18-15-32-20(19-9-6-12-31-19)13-25(22(18)28)14-21(26)27;/h3-9,12,15,17,20,24H,2,10-11,13-14H2,1H3,(H,26,27);1H/t17-,20-;/m0./s1. The van der Waals surface area contributed by atoms with Crippen molar-refractivity contribution in [2.24, 2.45) is 0 Å². The summed E-state index contributed by atoms with van der Waals surface area (Å²) in [5.41, 5.74) is 1.28. The molecule has 0 unspecified atom stereocenters. The Kier molecular flexibility index (Phi) is 10.8. The molecule has 2 N–H and O–H groups in total. The van der Waals surface area contributed by atoms with Crippen molar-refractivity contribution in [1.82, 2.24) is 10.2 Å². The Hall–Kier alpha value is -2.49. The van der Waals surface area contributed by atoms with E-state index in [0.29, 0.717) is 12.8 Å². The van der Waals surface area contributed by atoms with Gasteiger partial charge in [-0.3, -0.25) is 9.59 Å². The number of carboxylic acids is 1. The topological polar surface area (TPSA) is 95.9 Å². The fourth-order valence-corrected chi connectivity index (χ4v) is 5.34. The molecule has 0 bridgehead atoms. The number of carboxylic acid groups (broad SMARTS) is 1. The van der Waals surface area contributed by atoms with E-state index < -0.39 is 30.4 Å². The second-order valence-corrected chi connectivity index (χ2v) is 9.28. The van der Waals surface area contributed by atoms with Gasteiger partial charge in [0.25, 0.3) is 5.91 Å². The Morgan fingerprint density at radius 2 is 2.00 bits per heavy atom. The lowest BCUT2D eigenvalue weighted by Crippen LogP contribution is -2.45. The minimum atomic E-state index is -1.08. The van der Waals surface area contributed by atoms with Crippen molar-refractivity contribution < 1.29 is 24.2 Å². The molecule has 0 aliphatic carbocycles. The summed E-state index contributed by atoms with van der Waals surface area (Å²) in [7, 11) is 0.